The van der Waals surface area contributed by atoms with Crippen molar-refractivity contribution < 1.29 is 0 Å². The van der Waals surface area contributed by atoms with Crippen LogP contribution in [0.2, 0.25) is 0 Å². The third-order valence-corrected chi connectivity index (χ3v) is 47.1. The fourth-order valence-corrected chi connectivity index (χ4v) is 34.2. The van der Waals surface area contributed by atoms with Gasteiger partial charge in [0, 0.05) is 0 Å². The number of hydrogen-bond donors (Lipinski definition) is 0. The van der Waals surface area contributed by atoms with E-state index in [1.54, 1.807) is 89.9 Å². The maximum absolute atomic E-state index is 2.60. The highest BCUT2D eigenvalue weighted by molar-refractivity contribution is 4.94. The molecule has 0 aromatic heterocycles. The number of fused-ring (bicyclic) bond motifs is 1. The fourth-order valence-electron chi connectivity index (χ4n) is 34.2. The topological polar surface area (TPSA) is 0 Å². The highest BCUT2D eigenvalue weighted by atomic mass is 14.5. The fraction of sp³-hybridized carbons (Fsp3) is 1.00. The van der Waals surface area contributed by atoms with Gasteiger partial charge in [-0.15, -0.1) is 0 Å². The zero-order valence-electron chi connectivity index (χ0n) is 101. The van der Waals surface area contributed by atoms with E-state index >= 15 is 0 Å². The molecule has 4 unspecified atom stereocenters. The van der Waals surface area contributed by atoms with Gasteiger partial charge in [0.05, 0.1) is 0 Å². The van der Waals surface area contributed by atoms with E-state index in [1.807, 2.05) is 0 Å². The van der Waals surface area contributed by atoms with Gasteiger partial charge in [-0.05, 0) is 353 Å². The molecule has 17 saturated carbocycles. The molecule has 0 spiro atoms. The van der Waals surface area contributed by atoms with E-state index in [4.69, 9.17) is 0 Å². The van der Waals surface area contributed by atoms with Gasteiger partial charge in [-0.1, -0.05) is 539 Å². The second kappa shape index (κ2) is 70.3. The van der Waals surface area contributed by atoms with E-state index in [0.717, 1.165) is 201 Å². The molecule has 140 heavy (non-hydrogen) atoms. The summed E-state index contributed by atoms with van der Waals surface area (Å²) in [5, 5.41) is 0. The number of hydrogen-bond acceptors (Lipinski definition) is 0. The molecule has 4 atom stereocenters. The zero-order chi connectivity index (χ0) is 101. The molecule has 0 heterocycles. The minimum Gasteiger partial charge on any atom is -0.0654 e. The van der Waals surface area contributed by atoms with Crippen molar-refractivity contribution >= 4 is 0 Å². The normalized spacial score (nSPS) is 39.9. The average molecular weight is 1950 g/mol. The average Bonchev–Trinajstić information content (AvgIpc) is 0.804. The lowest BCUT2D eigenvalue weighted by molar-refractivity contribution is 0.0381. The zero-order valence-corrected chi connectivity index (χ0v) is 101. The van der Waals surface area contributed by atoms with Crippen molar-refractivity contribution in [2.45, 2.75) is 680 Å². The molecule has 0 radical (unpaired) electrons. The molecule has 0 amide bonds. The monoisotopic (exact) mass is 1950 g/mol. The lowest BCUT2D eigenvalue weighted by atomic mass is 9.59. The van der Waals surface area contributed by atoms with Gasteiger partial charge in [0.25, 0.3) is 0 Å². The van der Waals surface area contributed by atoms with Crippen LogP contribution in [-0.2, 0) is 0 Å². The van der Waals surface area contributed by atoms with Crippen LogP contribution in [0.25, 0.3) is 0 Å². The third-order valence-electron chi connectivity index (χ3n) is 47.1. The van der Waals surface area contributed by atoms with Gasteiger partial charge in [-0.3, -0.25) is 0 Å². The van der Waals surface area contributed by atoms with Crippen LogP contribution in [-0.4, -0.2) is 0 Å². The molecule has 0 saturated heterocycles. The smallest absolute Gasteiger partial charge is 0.0298 e. The summed E-state index contributed by atoms with van der Waals surface area (Å²) in [5.41, 5.74) is 1.22. The molecule has 0 N–H and O–H groups in total. The molecule has 0 bridgehead atoms. The van der Waals surface area contributed by atoms with Crippen LogP contribution in [0.5, 0.6) is 0 Å². The van der Waals surface area contributed by atoms with Crippen LogP contribution >= 0.6 is 0 Å². The molecular weight excluding hydrogens is 1680 g/mol. The lowest BCUT2D eigenvalue weighted by Crippen LogP contribution is -2.37. The summed E-state index contributed by atoms with van der Waals surface area (Å²) in [6.07, 6.45) is 121. The second-order valence-corrected chi connectivity index (χ2v) is 58.4. The van der Waals surface area contributed by atoms with Crippen LogP contribution < -0.4 is 0 Å². The van der Waals surface area contributed by atoms with Gasteiger partial charge in [0.15, 0.2) is 0 Å². The Morgan fingerprint density at radius 1 is 0.136 bits per heavy atom. The molecule has 826 valence electrons. The first-order valence-electron chi connectivity index (χ1n) is 67.5. The Balaban J connectivity index is 0.000000192. The largest absolute Gasteiger partial charge is 0.0654 e. The predicted octanol–water partition coefficient (Wildman–Crippen LogP) is 47.7. The van der Waals surface area contributed by atoms with Crippen molar-refractivity contribution in [1.82, 2.24) is 0 Å². The van der Waals surface area contributed by atoms with Gasteiger partial charge in [-0.25, -0.2) is 0 Å². The van der Waals surface area contributed by atoms with E-state index in [9.17, 15) is 0 Å². The van der Waals surface area contributed by atoms with E-state index in [-0.39, 0.29) is 0 Å². The molecule has 0 aromatic rings. The van der Waals surface area contributed by atoms with Gasteiger partial charge in [0.2, 0.25) is 0 Å². The van der Waals surface area contributed by atoms with Crippen molar-refractivity contribution in [2.75, 3.05) is 0 Å². The van der Waals surface area contributed by atoms with Gasteiger partial charge in [0.1, 0.15) is 0 Å². The van der Waals surface area contributed by atoms with E-state index in [0.29, 0.717) is 10.8 Å². The second-order valence-electron chi connectivity index (χ2n) is 58.4. The highest BCUT2D eigenvalue weighted by Crippen LogP contribution is 2.55. The summed E-state index contributed by atoms with van der Waals surface area (Å²) in [5.74, 6) is 36.0. The quantitative estimate of drug-likeness (QED) is 0.101. The first-order valence-corrected chi connectivity index (χ1v) is 67.5. The van der Waals surface area contributed by atoms with Crippen LogP contribution in [0, 0.1) is 212 Å². The van der Waals surface area contributed by atoms with Crippen LogP contribution in [0.15, 0.2) is 0 Å². The summed E-state index contributed by atoms with van der Waals surface area (Å²) >= 11 is 0. The van der Waals surface area contributed by atoms with Gasteiger partial charge in [-0.2, -0.15) is 0 Å². The molecule has 0 aliphatic heterocycles. The molecule has 0 nitrogen and oxygen atoms in total. The summed E-state index contributed by atoms with van der Waals surface area (Å²) in [4.78, 5) is 0. The third kappa shape index (κ3) is 47.3. The van der Waals surface area contributed by atoms with E-state index in [2.05, 4.69) is 166 Å². The summed E-state index contributed by atoms with van der Waals surface area (Å²) in [6.45, 7) is 58.1. The Morgan fingerprint density at radius 2 is 0.264 bits per heavy atom. The summed E-state index contributed by atoms with van der Waals surface area (Å²) < 4.78 is 0. The van der Waals surface area contributed by atoms with Crippen molar-refractivity contribution in [3.8, 4) is 0 Å². The molecule has 17 rings (SSSR count). The minimum atomic E-state index is 0.609. The first kappa shape index (κ1) is 125. The molecule has 17 aliphatic rings. The highest BCUT2D eigenvalue weighted by Gasteiger charge is 2.43. The van der Waals surface area contributed by atoms with Crippen molar-refractivity contribution in [3.63, 3.8) is 0 Å². The van der Waals surface area contributed by atoms with Crippen molar-refractivity contribution in [2.24, 2.45) is 212 Å². The minimum absolute atomic E-state index is 0.609. The van der Waals surface area contributed by atoms with Crippen LogP contribution in [0.1, 0.15) is 680 Å². The van der Waals surface area contributed by atoms with Gasteiger partial charge >= 0.3 is 0 Å². The Labute approximate surface area is 885 Å². The van der Waals surface area contributed by atoms with E-state index < -0.39 is 0 Å². The van der Waals surface area contributed by atoms with Crippen LogP contribution in [0.4, 0.5) is 0 Å². The lowest BCUT2D eigenvalue weighted by Gasteiger charge is -2.46. The molecule has 17 aliphatic carbocycles. The van der Waals surface area contributed by atoms with Gasteiger partial charge < -0.3 is 0 Å². The Hall–Kier alpha value is 0. The molecule has 0 heteroatoms. The summed E-state index contributed by atoms with van der Waals surface area (Å²) in [7, 11) is 0. The van der Waals surface area contributed by atoms with Crippen molar-refractivity contribution in [1.29, 1.82) is 0 Å². The predicted molar refractivity (Wildman–Crippen MR) is 629 cm³/mol. The first-order chi connectivity index (χ1) is 67.5. The maximum Gasteiger partial charge on any atom is -0.0298 e. The van der Waals surface area contributed by atoms with E-state index in [1.165, 1.54) is 424 Å². The molecule has 17 fully saturated rings. The SMILES string of the molecule is CC1CCC(C(C)(C)C2CCC(C)CC2)CC1.CC1CCC(C)CC1.CC1CCC(C2CCC(C)CC2)CC1.CC1CCC(CC2CCC(C)CC2)CC1.CC1CCC2CC(C)CCC2C1.CCC1CCC(C(C)(C)C2CCC(CC)CC2)CC1.CCC1CCC(C2CCC(CC)CC2)CC1.CCC1CCC(CC)CC1.CCC1CCC(CC2CCC(CC)CC2)CC1.CCCC1CCC(CCC)CC1. The Bertz CT molecular complexity index is 2630. The van der Waals surface area contributed by atoms with Crippen LogP contribution in [0.3, 0.4) is 0 Å². The summed E-state index contributed by atoms with van der Waals surface area (Å²) in [6, 6.07) is 0. The van der Waals surface area contributed by atoms with Crippen molar-refractivity contribution in [3.05, 3.63) is 0 Å². The Kier molecular flexibility index (Phi) is 62.9. The molecule has 0 aromatic carbocycles. The maximum atomic E-state index is 2.60. The number of rotatable bonds is 22. The standard InChI is InChI=1S/C19H36.2C17H32.C16H30.C15H28.C14H26.C12H22.C12H24.C10H20.C8H16/c1-5-15-7-11-17(12-8-15)19(3,4)18-13-9-16(6-2)10-14-18;1-13-5-9-15(10-6-13)17(3,4)16-11-7-14(2)8-12-16;1-3-14-5-9-16(10-6-14)13-17-11-7-15(4-2)8-12-17;1-3-13-5-9-15(10-6-13)16-11-7-14(4-2)8-12-16;1-12-3-7-14(8-4-12)11-15-9-5-13(2)6-10-15;1-11-3-7-13(8-4-11)14-9-5-12(2)6-10-14;1-9-3-5-12-8-10(2)4-6-11(12)7-9;1-3-5-11-7-9-12(6-4-2)10-8-11;1-3-9-5-7-10(4-2)8-6-9;1-7-3-5-8(2)6-4-7/h15-18H,5-14H2,1-4H3;13-16H,5-12H2,1-4H3;14-17H,3-13H2,1-2H3;13-16H,3-12H2,1-2H3;12-15H,3-11H2,1-2H3;11-14H,3-10H2,1-2H3;9-12H,3-8H2,1-2H3;11-12H,3-10H2,1-2H3;9-10H,3-8H2,1-2H3;7-8H,3-6H2,1-2H3. The molecular formula is C140H266. The Morgan fingerprint density at radius 3 is 0.464 bits per heavy atom.